The van der Waals surface area contributed by atoms with E-state index in [2.05, 4.69) is 25.1 Å². The third-order valence-electron chi connectivity index (χ3n) is 4.07. The van der Waals surface area contributed by atoms with Crippen LogP contribution in [0.25, 0.3) is 11.5 Å². The summed E-state index contributed by atoms with van der Waals surface area (Å²) in [6, 6.07) is 13.9. The molecule has 3 heterocycles. The molecule has 27 heavy (non-hydrogen) atoms. The van der Waals surface area contributed by atoms with Gasteiger partial charge in [-0.05, 0) is 17.7 Å². The summed E-state index contributed by atoms with van der Waals surface area (Å²) in [6.45, 7) is 0.627. The molecule has 0 unspecified atom stereocenters. The van der Waals surface area contributed by atoms with Gasteiger partial charge in [0.15, 0.2) is 5.82 Å². The Kier molecular flexibility index (Phi) is 4.82. The smallest absolute Gasteiger partial charge is 0.259 e. The molecule has 0 radical (unpaired) electrons. The fourth-order valence-electron chi connectivity index (χ4n) is 2.70. The Labute approximate surface area is 156 Å². The average molecular weight is 358 g/mol. The van der Waals surface area contributed by atoms with Gasteiger partial charge in [-0.3, -0.25) is 9.97 Å². The van der Waals surface area contributed by atoms with Gasteiger partial charge >= 0.3 is 0 Å². The molecule has 4 aromatic rings. The third kappa shape index (κ3) is 4.14. The SMILES string of the molecule is CN(Cc1cnccn1)c1ccc(-c2nc(Cc3ccccc3)no2)cn1. The van der Waals surface area contributed by atoms with E-state index < -0.39 is 0 Å². The maximum Gasteiger partial charge on any atom is 0.259 e. The number of hydrogen-bond donors (Lipinski definition) is 0. The molecule has 0 spiro atoms. The predicted molar refractivity (Wildman–Crippen MR) is 101 cm³/mol. The molecule has 0 N–H and O–H groups in total. The van der Waals surface area contributed by atoms with Crippen molar-refractivity contribution < 1.29 is 4.52 Å². The highest BCUT2D eigenvalue weighted by atomic mass is 16.5. The molecule has 0 aliphatic heterocycles. The summed E-state index contributed by atoms with van der Waals surface area (Å²) in [5.74, 6) is 1.95. The van der Waals surface area contributed by atoms with Gasteiger partial charge in [-0.15, -0.1) is 0 Å². The fourth-order valence-corrected chi connectivity index (χ4v) is 2.70. The predicted octanol–water partition coefficient (Wildman–Crippen LogP) is 3.15. The quantitative estimate of drug-likeness (QED) is 0.524. The van der Waals surface area contributed by atoms with Gasteiger partial charge in [0.05, 0.1) is 24.0 Å². The molecule has 0 saturated carbocycles. The van der Waals surface area contributed by atoms with Gasteiger partial charge in [-0.25, -0.2) is 4.98 Å². The Morgan fingerprint density at radius 1 is 0.963 bits per heavy atom. The van der Waals surface area contributed by atoms with Crippen molar-refractivity contribution in [1.82, 2.24) is 25.1 Å². The second-order valence-corrected chi connectivity index (χ2v) is 6.14. The Morgan fingerprint density at radius 3 is 2.59 bits per heavy atom. The number of pyridine rings is 1. The summed E-state index contributed by atoms with van der Waals surface area (Å²) in [5, 5.41) is 4.06. The lowest BCUT2D eigenvalue weighted by molar-refractivity contribution is 0.424. The Morgan fingerprint density at radius 2 is 1.85 bits per heavy atom. The largest absolute Gasteiger partial charge is 0.354 e. The summed E-state index contributed by atoms with van der Waals surface area (Å²) in [5.41, 5.74) is 2.82. The first-order chi connectivity index (χ1) is 13.3. The summed E-state index contributed by atoms with van der Waals surface area (Å²) < 4.78 is 5.39. The van der Waals surface area contributed by atoms with E-state index in [0.29, 0.717) is 24.7 Å². The van der Waals surface area contributed by atoms with Crippen LogP contribution in [0.3, 0.4) is 0 Å². The molecule has 3 aromatic heterocycles. The molecule has 0 aliphatic rings. The standard InChI is InChI=1S/C20H18N6O/c1-26(14-17-13-21-9-10-22-17)19-8-7-16(12-23-19)20-24-18(25-27-20)11-15-5-3-2-4-6-15/h2-10,12-13H,11,14H2,1H3. The summed E-state index contributed by atoms with van der Waals surface area (Å²) in [7, 11) is 1.96. The first-order valence-electron chi connectivity index (χ1n) is 8.57. The molecule has 0 aliphatic carbocycles. The van der Waals surface area contributed by atoms with Crippen LogP contribution in [0, 0.1) is 0 Å². The number of benzene rings is 1. The Hall–Kier alpha value is -3.61. The van der Waals surface area contributed by atoms with Crippen LogP contribution in [-0.2, 0) is 13.0 Å². The van der Waals surface area contributed by atoms with E-state index in [1.807, 2.05) is 54.4 Å². The average Bonchev–Trinajstić information content (AvgIpc) is 3.18. The molecule has 4 rings (SSSR count). The number of hydrogen-bond acceptors (Lipinski definition) is 7. The van der Waals surface area contributed by atoms with E-state index in [9.17, 15) is 0 Å². The highest BCUT2D eigenvalue weighted by Crippen LogP contribution is 2.20. The second kappa shape index (κ2) is 7.74. The second-order valence-electron chi connectivity index (χ2n) is 6.14. The normalized spacial score (nSPS) is 10.7. The van der Waals surface area contributed by atoms with Gasteiger partial charge in [-0.2, -0.15) is 4.98 Å². The maximum atomic E-state index is 5.39. The van der Waals surface area contributed by atoms with E-state index in [-0.39, 0.29) is 0 Å². The lowest BCUT2D eigenvalue weighted by Gasteiger charge is -2.17. The van der Waals surface area contributed by atoms with Gasteiger partial charge in [-0.1, -0.05) is 35.5 Å². The zero-order chi connectivity index (χ0) is 18.5. The van der Waals surface area contributed by atoms with Crippen molar-refractivity contribution in [1.29, 1.82) is 0 Å². The first-order valence-corrected chi connectivity index (χ1v) is 8.57. The van der Waals surface area contributed by atoms with Crippen molar-refractivity contribution in [2.24, 2.45) is 0 Å². The Bertz CT molecular complexity index is 986. The molecule has 0 saturated heterocycles. The number of rotatable bonds is 6. The minimum Gasteiger partial charge on any atom is -0.354 e. The molecular formula is C20H18N6O. The van der Waals surface area contributed by atoms with E-state index in [4.69, 9.17) is 4.52 Å². The minimum absolute atomic E-state index is 0.469. The van der Waals surface area contributed by atoms with Gasteiger partial charge in [0.1, 0.15) is 5.82 Å². The van der Waals surface area contributed by atoms with Crippen molar-refractivity contribution in [3.05, 3.63) is 84.3 Å². The number of anilines is 1. The van der Waals surface area contributed by atoms with Crippen LogP contribution in [0.5, 0.6) is 0 Å². The van der Waals surface area contributed by atoms with Crippen LogP contribution in [0.4, 0.5) is 5.82 Å². The fraction of sp³-hybridized carbons (Fsp3) is 0.150. The molecule has 0 amide bonds. The van der Waals surface area contributed by atoms with Crippen molar-refractivity contribution >= 4 is 5.82 Å². The highest BCUT2D eigenvalue weighted by molar-refractivity contribution is 5.54. The lowest BCUT2D eigenvalue weighted by atomic mass is 10.1. The van der Waals surface area contributed by atoms with Gasteiger partial charge in [0, 0.05) is 32.1 Å². The van der Waals surface area contributed by atoms with Crippen LogP contribution in [-0.4, -0.2) is 32.1 Å². The number of aromatic nitrogens is 5. The van der Waals surface area contributed by atoms with E-state index in [1.165, 1.54) is 0 Å². The summed E-state index contributed by atoms with van der Waals surface area (Å²) >= 11 is 0. The molecule has 1 aromatic carbocycles. The zero-order valence-electron chi connectivity index (χ0n) is 14.9. The van der Waals surface area contributed by atoms with E-state index >= 15 is 0 Å². The summed E-state index contributed by atoms with van der Waals surface area (Å²) in [6.07, 6.45) is 7.46. The highest BCUT2D eigenvalue weighted by Gasteiger charge is 2.11. The zero-order valence-corrected chi connectivity index (χ0v) is 14.9. The van der Waals surface area contributed by atoms with Gasteiger partial charge < -0.3 is 9.42 Å². The van der Waals surface area contributed by atoms with Crippen LogP contribution < -0.4 is 4.90 Å². The van der Waals surface area contributed by atoms with Crippen molar-refractivity contribution in [3.8, 4) is 11.5 Å². The summed E-state index contributed by atoms with van der Waals surface area (Å²) in [4.78, 5) is 19.3. The first kappa shape index (κ1) is 16.8. The molecule has 7 heteroatoms. The molecule has 0 fully saturated rings. The Balaban J connectivity index is 1.44. The molecule has 0 atom stereocenters. The molecule has 7 nitrogen and oxygen atoms in total. The molecular weight excluding hydrogens is 340 g/mol. The van der Waals surface area contributed by atoms with Crippen LogP contribution in [0.1, 0.15) is 17.1 Å². The van der Waals surface area contributed by atoms with Crippen molar-refractivity contribution in [3.63, 3.8) is 0 Å². The monoisotopic (exact) mass is 358 g/mol. The minimum atomic E-state index is 0.469. The maximum absolute atomic E-state index is 5.39. The van der Waals surface area contributed by atoms with Gasteiger partial charge in [0.2, 0.25) is 0 Å². The van der Waals surface area contributed by atoms with E-state index in [1.54, 1.807) is 24.8 Å². The van der Waals surface area contributed by atoms with Crippen molar-refractivity contribution in [2.75, 3.05) is 11.9 Å². The van der Waals surface area contributed by atoms with Crippen LogP contribution >= 0.6 is 0 Å². The lowest BCUT2D eigenvalue weighted by Crippen LogP contribution is -2.18. The van der Waals surface area contributed by atoms with Crippen molar-refractivity contribution in [2.45, 2.75) is 13.0 Å². The van der Waals surface area contributed by atoms with Gasteiger partial charge in [0.25, 0.3) is 5.89 Å². The van der Waals surface area contributed by atoms with E-state index in [0.717, 1.165) is 22.6 Å². The third-order valence-corrected chi connectivity index (χ3v) is 4.07. The van der Waals surface area contributed by atoms with Crippen LogP contribution in [0.2, 0.25) is 0 Å². The number of nitrogens with zero attached hydrogens (tertiary/aromatic N) is 6. The molecule has 134 valence electrons. The molecule has 0 bridgehead atoms. The topological polar surface area (TPSA) is 80.8 Å². The van der Waals surface area contributed by atoms with Crippen LogP contribution in [0.15, 0.2) is 71.8 Å².